The molecule has 2 N–H and O–H groups in total. The Morgan fingerprint density at radius 1 is 1.08 bits per heavy atom. The number of hydrogen-bond acceptors (Lipinski definition) is 3. The van der Waals surface area contributed by atoms with E-state index in [1.165, 1.54) is 0 Å². The molecule has 6 heteroatoms. The number of anilines is 1. The van der Waals surface area contributed by atoms with E-state index in [1.807, 2.05) is 47.2 Å². The van der Waals surface area contributed by atoms with E-state index < -0.39 is 5.76 Å². The predicted molar refractivity (Wildman–Crippen MR) is 94.8 cm³/mol. The Bertz CT molecular complexity index is 1090. The first-order valence-corrected chi connectivity index (χ1v) is 7.82. The van der Waals surface area contributed by atoms with Gasteiger partial charge in [0.2, 0.25) is 0 Å². The normalized spacial score (nSPS) is 10.9. The number of carbonyl (C=O) groups is 1. The van der Waals surface area contributed by atoms with Gasteiger partial charge in [-0.2, -0.15) is 0 Å². The van der Waals surface area contributed by atoms with E-state index in [4.69, 9.17) is 4.42 Å². The van der Waals surface area contributed by atoms with Crippen molar-refractivity contribution in [2.75, 3.05) is 5.32 Å². The number of fused-ring (bicyclic) bond motifs is 1. The first kappa shape index (κ1) is 15.0. The summed E-state index contributed by atoms with van der Waals surface area (Å²) in [4.78, 5) is 26.4. The van der Waals surface area contributed by atoms with Gasteiger partial charge >= 0.3 is 5.76 Å². The molecule has 6 nitrogen and oxygen atoms in total. The molecular formula is C19H15N3O3. The van der Waals surface area contributed by atoms with Crippen molar-refractivity contribution < 1.29 is 9.21 Å². The van der Waals surface area contributed by atoms with Crippen molar-refractivity contribution in [1.29, 1.82) is 0 Å². The zero-order chi connectivity index (χ0) is 17.2. The Hall–Kier alpha value is -3.54. The fourth-order valence-electron chi connectivity index (χ4n) is 2.76. The van der Waals surface area contributed by atoms with Gasteiger partial charge in [-0.1, -0.05) is 30.3 Å². The summed E-state index contributed by atoms with van der Waals surface area (Å²) < 4.78 is 6.85. The molecule has 2 heterocycles. The first-order valence-electron chi connectivity index (χ1n) is 7.82. The summed E-state index contributed by atoms with van der Waals surface area (Å²) in [6.07, 6.45) is 1.87. The van der Waals surface area contributed by atoms with Crippen molar-refractivity contribution in [3.63, 3.8) is 0 Å². The van der Waals surface area contributed by atoms with Crippen molar-refractivity contribution >= 4 is 22.7 Å². The van der Waals surface area contributed by atoms with Gasteiger partial charge in [0.05, 0.1) is 5.52 Å². The molecule has 25 heavy (non-hydrogen) atoms. The molecule has 2 aromatic carbocycles. The highest BCUT2D eigenvalue weighted by molar-refractivity contribution is 6.03. The smallest absolute Gasteiger partial charge is 0.408 e. The number of H-pyrrole nitrogens is 1. The van der Waals surface area contributed by atoms with Gasteiger partial charge in [-0.15, -0.1) is 0 Å². The monoisotopic (exact) mass is 333 g/mol. The number of aromatic nitrogens is 2. The summed E-state index contributed by atoms with van der Waals surface area (Å²) >= 11 is 0. The minimum absolute atomic E-state index is 0.217. The van der Waals surface area contributed by atoms with Crippen molar-refractivity contribution in [3.05, 3.63) is 88.7 Å². The SMILES string of the molecule is O=C(Nc1ccc2oc(=O)[nH]c2c1)c1cccn1Cc1ccccc1. The number of nitrogens with zero attached hydrogens (tertiary/aromatic N) is 1. The van der Waals surface area contributed by atoms with Gasteiger partial charge in [0.15, 0.2) is 5.58 Å². The Balaban J connectivity index is 1.56. The van der Waals surface area contributed by atoms with Gasteiger partial charge in [-0.3, -0.25) is 9.78 Å². The van der Waals surface area contributed by atoms with Crippen LogP contribution in [-0.4, -0.2) is 15.5 Å². The van der Waals surface area contributed by atoms with E-state index in [0.717, 1.165) is 5.56 Å². The lowest BCUT2D eigenvalue weighted by atomic mass is 10.2. The van der Waals surface area contributed by atoms with Crippen LogP contribution in [0.2, 0.25) is 0 Å². The van der Waals surface area contributed by atoms with E-state index in [0.29, 0.717) is 29.0 Å². The summed E-state index contributed by atoms with van der Waals surface area (Å²) in [6.45, 7) is 0.616. The molecule has 0 aliphatic heterocycles. The third-order valence-corrected chi connectivity index (χ3v) is 3.93. The van der Waals surface area contributed by atoms with E-state index in [2.05, 4.69) is 10.3 Å². The molecular weight excluding hydrogens is 318 g/mol. The summed E-state index contributed by atoms with van der Waals surface area (Å²) in [5, 5.41) is 2.85. The Kier molecular flexibility index (Phi) is 3.70. The predicted octanol–water partition coefficient (Wildman–Crippen LogP) is 3.22. The molecule has 0 atom stereocenters. The van der Waals surface area contributed by atoms with Gasteiger partial charge < -0.3 is 14.3 Å². The van der Waals surface area contributed by atoms with Crippen LogP contribution in [0.25, 0.3) is 11.1 Å². The maximum absolute atomic E-state index is 12.6. The van der Waals surface area contributed by atoms with Crippen molar-refractivity contribution in [3.8, 4) is 0 Å². The Labute approximate surface area is 142 Å². The summed E-state index contributed by atoms with van der Waals surface area (Å²) in [5.74, 6) is -0.735. The van der Waals surface area contributed by atoms with Crippen molar-refractivity contribution in [2.24, 2.45) is 0 Å². The zero-order valence-corrected chi connectivity index (χ0v) is 13.2. The molecule has 2 aromatic heterocycles. The van der Waals surface area contributed by atoms with Crippen LogP contribution in [0, 0.1) is 0 Å². The van der Waals surface area contributed by atoms with Crippen LogP contribution in [-0.2, 0) is 6.54 Å². The summed E-state index contributed by atoms with van der Waals surface area (Å²) in [6, 6.07) is 18.6. The minimum atomic E-state index is -0.518. The molecule has 4 aromatic rings. The third-order valence-electron chi connectivity index (χ3n) is 3.93. The van der Waals surface area contributed by atoms with E-state index >= 15 is 0 Å². The lowest BCUT2D eigenvalue weighted by molar-refractivity contribution is 0.101. The van der Waals surface area contributed by atoms with Crippen LogP contribution < -0.4 is 11.1 Å². The van der Waals surface area contributed by atoms with Crippen LogP contribution in [0.5, 0.6) is 0 Å². The largest absolute Gasteiger partial charge is 0.417 e. The maximum atomic E-state index is 12.6. The van der Waals surface area contributed by atoms with E-state index in [9.17, 15) is 9.59 Å². The van der Waals surface area contributed by atoms with Crippen LogP contribution in [0.4, 0.5) is 5.69 Å². The molecule has 0 spiro atoms. The number of carbonyl (C=O) groups excluding carboxylic acids is 1. The fraction of sp³-hybridized carbons (Fsp3) is 0.0526. The maximum Gasteiger partial charge on any atom is 0.417 e. The molecule has 0 radical (unpaired) electrons. The van der Waals surface area contributed by atoms with Crippen molar-refractivity contribution in [2.45, 2.75) is 6.54 Å². The number of oxazole rings is 1. The molecule has 124 valence electrons. The number of benzene rings is 2. The van der Waals surface area contributed by atoms with Gasteiger partial charge in [-0.05, 0) is 35.9 Å². The second-order valence-corrected chi connectivity index (χ2v) is 5.69. The molecule has 4 rings (SSSR count). The molecule has 0 aliphatic carbocycles. The highest BCUT2D eigenvalue weighted by Crippen LogP contribution is 2.17. The van der Waals surface area contributed by atoms with Crippen LogP contribution in [0.1, 0.15) is 16.1 Å². The average Bonchev–Trinajstić information content (AvgIpc) is 3.21. The topological polar surface area (TPSA) is 80.0 Å². The fourth-order valence-corrected chi connectivity index (χ4v) is 2.76. The number of hydrogen-bond donors (Lipinski definition) is 2. The highest BCUT2D eigenvalue weighted by Gasteiger charge is 2.12. The molecule has 1 amide bonds. The minimum Gasteiger partial charge on any atom is -0.408 e. The molecule has 0 unspecified atom stereocenters. The van der Waals surface area contributed by atoms with Gasteiger partial charge in [-0.25, -0.2) is 4.79 Å². The molecule has 0 saturated carbocycles. The lowest BCUT2D eigenvalue weighted by Crippen LogP contribution is -2.17. The highest BCUT2D eigenvalue weighted by atomic mass is 16.4. The molecule has 0 bridgehead atoms. The van der Waals surface area contributed by atoms with Crippen LogP contribution in [0.3, 0.4) is 0 Å². The van der Waals surface area contributed by atoms with Crippen LogP contribution in [0.15, 0.2) is 76.1 Å². The standard InChI is InChI=1S/C19H15N3O3/c23-18(20-14-8-9-17-15(11-14)21-19(24)25-17)16-7-4-10-22(16)12-13-5-2-1-3-6-13/h1-11H,12H2,(H,20,23)(H,21,24). The van der Waals surface area contributed by atoms with Crippen LogP contribution >= 0.6 is 0 Å². The third kappa shape index (κ3) is 3.10. The average molecular weight is 333 g/mol. The van der Waals surface area contributed by atoms with E-state index in [1.54, 1.807) is 24.3 Å². The quantitative estimate of drug-likeness (QED) is 0.602. The molecule has 0 saturated heterocycles. The first-order chi connectivity index (χ1) is 12.2. The number of amides is 1. The summed E-state index contributed by atoms with van der Waals surface area (Å²) in [7, 11) is 0. The number of nitrogens with one attached hydrogen (secondary N) is 2. The second-order valence-electron chi connectivity index (χ2n) is 5.69. The number of rotatable bonds is 4. The van der Waals surface area contributed by atoms with Gasteiger partial charge in [0.25, 0.3) is 5.91 Å². The molecule has 0 aliphatic rings. The Morgan fingerprint density at radius 3 is 2.76 bits per heavy atom. The summed E-state index contributed by atoms with van der Waals surface area (Å²) in [5.41, 5.74) is 3.26. The zero-order valence-electron chi connectivity index (χ0n) is 13.2. The second kappa shape index (κ2) is 6.16. The van der Waals surface area contributed by atoms with E-state index in [-0.39, 0.29) is 5.91 Å². The number of aromatic amines is 1. The Morgan fingerprint density at radius 2 is 1.92 bits per heavy atom. The lowest BCUT2D eigenvalue weighted by Gasteiger charge is -2.10. The van der Waals surface area contributed by atoms with Crippen molar-refractivity contribution in [1.82, 2.24) is 9.55 Å². The van der Waals surface area contributed by atoms with Gasteiger partial charge in [0.1, 0.15) is 5.69 Å². The van der Waals surface area contributed by atoms with Gasteiger partial charge in [0, 0.05) is 18.4 Å². The molecule has 0 fully saturated rings.